The van der Waals surface area contributed by atoms with Gasteiger partial charge in [0.15, 0.2) is 11.6 Å². The lowest BCUT2D eigenvalue weighted by atomic mass is 9.93. The third-order valence-corrected chi connectivity index (χ3v) is 3.62. The molecule has 1 aliphatic rings. The van der Waals surface area contributed by atoms with Gasteiger partial charge in [-0.05, 0) is 38.3 Å². The molecule has 0 aliphatic carbocycles. The van der Waals surface area contributed by atoms with E-state index in [0.29, 0.717) is 23.7 Å². The number of nitrogens with one attached hydrogen (secondary N) is 1. The predicted octanol–water partition coefficient (Wildman–Crippen LogP) is 2.96. The third-order valence-electron chi connectivity index (χ3n) is 3.62. The van der Waals surface area contributed by atoms with Gasteiger partial charge < -0.3 is 10.1 Å². The summed E-state index contributed by atoms with van der Waals surface area (Å²) in [5, 5.41) is 3.07. The fourth-order valence-electron chi connectivity index (χ4n) is 2.43. The van der Waals surface area contributed by atoms with Crippen LogP contribution in [0.3, 0.4) is 0 Å². The van der Waals surface area contributed by atoms with E-state index in [1.165, 1.54) is 0 Å². The molecule has 0 amide bonds. The Labute approximate surface area is 106 Å². The van der Waals surface area contributed by atoms with Gasteiger partial charge in [0.05, 0.1) is 0 Å². The highest BCUT2D eigenvalue weighted by molar-refractivity contribution is 5.28. The minimum absolute atomic E-state index is 0.160. The molecule has 0 aromatic heterocycles. The fourth-order valence-corrected chi connectivity index (χ4v) is 2.43. The Hall–Kier alpha value is -1.00. The molecule has 4 heteroatoms. The van der Waals surface area contributed by atoms with Crippen molar-refractivity contribution in [3.8, 4) is 0 Å². The van der Waals surface area contributed by atoms with Crippen LogP contribution in [-0.4, -0.2) is 20.3 Å². The first kappa shape index (κ1) is 13.4. The van der Waals surface area contributed by atoms with Crippen LogP contribution >= 0.6 is 0 Å². The van der Waals surface area contributed by atoms with Crippen LogP contribution in [-0.2, 0) is 4.74 Å². The van der Waals surface area contributed by atoms with Crippen molar-refractivity contribution >= 4 is 0 Å². The molecule has 1 heterocycles. The van der Waals surface area contributed by atoms with Crippen LogP contribution in [0.2, 0.25) is 0 Å². The molecule has 0 bridgehead atoms. The third kappa shape index (κ3) is 2.70. The molecular weight excluding hydrogens is 236 g/mol. The summed E-state index contributed by atoms with van der Waals surface area (Å²) in [6.45, 7) is 3.06. The van der Waals surface area contributed by atoms with E-state index >= 15 is 0 Å². The van der Waals surface area contributed by atoms with Crippen LogP contribution in [0.1, 0.15) is 30.0 Å². The molecule has 1 fully saturated rings. The number of halogens is 2. The molecule has 100 valence electrons. The van der Waals surface area contributed by atoms with Crippen LogP contribution in [0.15, 0.2) is 12.1 Å². The molecule has 2 unspecified atom stereocenters. The van der Waals surface area contributed by atoms with Crippen molar-refractivity contribution in [1.82, 2.24) is 5.32 Å². The number of benzene rings is 1. The quantitative estimate of drug-likeness (QED) is 0.893. The van der Waals surface area contributed by atoms with Gasteiger partial charge in [0, 0.05) is 24.8 Å². The van der Waals surface area contributed by atoms with Gasteiger partial charge in [0.25, 0.3) is 0 Å². The fraction of sp³-hybridized carbons (Fsp3) is 0.571. The van der Waals surface area contributed by atoms with Crippen molar-refractivity contribution < 1.29 is 13.5 Å². The molecule has 1 aromatic rings. The van der Waals surface area contributed by atoms with E-state index < -0.39 is 11.6 Å². The average Bonchev–Trinajstić information content (AvgIpc) is 2.87. The van der Waals surface area contributed by atoms with E-state index in [9.17, 15) is 8.78 Å². The number of hydrogen-bond donors (Lipinski definition) is 1. The van der Waals surface area contributed by atoms with E-state index in [4.69, 9.17) is 4.74 Å². The van der Waals surface area contributed by atoms with Gasteiger partial charge in [-0.15, -0.1) is 0 Å². The van der Waals surface area contributed by atoms with Gasteiger partial charge in [0.1, 0.15) is 0 Å². The monoisotopic (exact) mass is 255 g/mol. The molecule has 1 saturated heterocycles. The Bertz CT molecular complexity index is 417. The molecule has 1 aliphatic heterocycles. The second kappa shape index (κ2) is 5.76. The maximum Gasteiger partial charge on any atom is 0.163 e. The molecular formula is C14H19F2NO. The van der Waals surface area contributed by atoms with Crippen LogP contribution in [0.4, 0.5) is 8.78 Å². The maximum atomic E-state index is 13.9. The molecule has 0 saturated carbocycles. The molecule has 2 atom stereocenters. The molecule has 1 N–H and O–H groups in total. The molecule has 2 nitrogen and oxygen atoms in total. The normalized spacial score (nSPS) is 21.2. The number of hydrogen-bond acceptors (Lipinski definition) is 2. The summed E-state index contributed by atoms with van der Waals surface area (Å²) in [6, 6.07) is 3.14. The van der Waals surface area contributed by atoms with Gasteiger partial charge >= 0.3 is 0 Å². The van der Waals surface area contributed by atoms with Crippen LogP contribution < -0.4 is 5.32 Å². The SMILES string of the molecule is CNC(CC1CCOC1)c1ccc(C)c(F)c1F. The van der Waals surface area contributed by atoms with Crippen LogP contribution in [0.5, 0.6) is 0 Å². The second-order valence-electron chi connectivity index (χ2n) is 4.91. The Morgan fingerprint density at radius 2 is 2.17 bits per heavy atom. The van der Waals surface area contributed by atoms with Crippen LogP contribution in [0, 0.1) is 24.5 Å². The number of ether oxygens (including phenoxy) is 1. The van der Waals surface area contributed by atoms with Crippen molar-refractivity contribution in [3.63, 3.8) is 0 Å². The molecule has 1 aromatic carbocycles. The molecule has 2 rings (SSSR count). The highest BCUT2D eigenvalue weighted by Gasteiger charge is 2.24. The minimum Gasteiger partial charge on any atom is -0.381 e. The lowest BCUT2D eigenvalue weighted by Gasteiger charge is -2.20. The topological polar surface area (TPSA) is 21.3 Å². The molecule has 0 spiro atoms. The summed E-state index contributed by atoms with van der Waals surface area (Å²) in [7, 11) is 1.78. The van der Waals surface area contributed by atoms with Crippen LogP contribution in [0.25, 0.3) is 0 Å². The first-order valence-electron chi connectivity index (χ1n) is 6.33. The summed E-state index contributed by atoms with van der Waals surface area (Å²) in [5.41, 5.74) is 0.753. The minimum atomic E-state index is -0.740. The van der Waals surface area contributed by atoms with E-state index in [0.717, 1.165) is 19.4 Å². The number of aryl methyl sites for hydroxylation is 1. The van der Waals surface area contributed by atoms with Crippen molar-refractivity contribution in [3.05, 3.63) is 34.9 Å². The predicted molar refractivity (Wildman–Crippen MR) is 66.4 cm³/mol. The standard InChI is InChI=1S/C14H19F2NO/c1-9-3-4-11(14(16)13(9)15)12(17-2)7-10-5-6-18-8-10/h3-4,10,12,17H,5-8H2,1-2H3. The number of rotatable bonds is 4. The van der Waals surface area contributed by atoms with Gasteiger partial charge in [-0.3, -0.25) is 0 Å². The smallest absolute Gasteiger partial charge is 0.163 e. The summed E-state index contributed by atoms with van der Waals surface area (Å²) >= 11 is 0. The summed E-state index contributed by atoms with van der Waals surface area (Å²) in [4.78, 5) is 0. The van der Waals surface area contributed by atoms with E-state index in [-0.39, 0.29) is 6.04 Å². The highest BCUT2D eigenvalue weighted by Crippen LogP contribution is 2.29. The lowest BCUT2D eigenvalue weighted by molar-refractivity contribution is 0.181. The Kier molecular flexibility index (Phi) is 4.30. The first-order chi connectivity index (χ1) is 8.63. The van der Waals surface area contributed by atoms with Crippen molar-refractivity contribution in [1.29, 1.82) is 0 Å². The van der Waals surface area contributed by atoms with Gasteiger partial charge in [-0.1, -0.05) is 12.1 Å². The Balaban J connectivity index is 2.18. The zero-order valence-electron chi connectivity index (χ0n) is 10.8. The second-order valence-corrected chi connectivity index (χ2v) is 4.91. The Morgan fingerprint density at radius 1 is 1.39 bits per heavy atom. The van der Waals surface area contributed by atoms with Gasteiger partial charge in [-0.2, -0.15) is 0 Å². The van der Waals surface area contributed by atoms with E-state index in [2.05, 4.69) is 5.32 Å². The zero-order chi connectivity index (χ0) is 13.1. The summed E-state index contributed by atoms with van der Waals surface area (Å²) in [5.74, 6) is -1.05. The van der Waals surface area contributed by atoms with Gasteiger partial charge in [0.2, 0.25) is 0 Å². The summed E-state index contributed by atoms with van der Waals surface area (Å²) in [6.07, 6.45) is 1.77. The highest BCUT2D eigenvalue weighted by atomic mass is 19.2. The molecule has 0 radical (unpaired) electrons. The zero-order valence-corrected chi connectivity index (χ0v) is 10.8. The first-order valence-corrected chi connectivity index (χ1v) is 6.33. The van der Waals surface area contributed by atoms with E-state index in [1.54, 1.807) is 26.1 Å². The molecule has 18 heavy (non-hydrogen) atoms. The maximum absolute atomic E-state index is 13.9. The van der Waals surface area contributed by atoms with Gasteiger partial charge in [-0.25, -0.2) is 8.78 Å². The lowest BCUT2D eigenvalue weighted by Crippen LogP contribution is -2.22. The largest absolute Gasteiger partial charge is 0.381 e. The average molecular weight is 255 g/mol. The van der Waals surface area contributed by atoms with Crippen molar-refractivity contribution in [2.75, 3.05) is 20.3 Å². The summed E-state index contributed by atoms with van der Waals surface area (Å²) < 4.78 is 32.8. The Morgan fingerprint density at radius 3 is 2.78 bits per heavy atom. The van der Waals surface area contributed by atoms with Crippen molar-refractivity contribution in [2.45, 2.75) is 25.8 Å². The van der Waals surface area contributed by atoms with Crippen molar-refractivity contribution in [2.24, 2.45) is 5.92 Å². The van der Waals surface area contributed by atoms with E-state index in [1.807, 2.05) is 0 Å².